The van der Waals surface area contributed by atoms with Crippen LogP contribution in [0.2, 0.25) is 0 Å². The molecule has 82 valence electrons. The Kier molecular flexibility index (Phi) is 3.62. The van der Waals surface area contributed by atoms with Crippen molar-refractivity contribution in [1.29, 1.82) is 0 Å². The van der Waals surface area contributed by atoms with E-state index in [1.165, 1.54) is 18.4 Å². The molecule has 1 aromatic rings. The summed E-state index contributed by atoms with van der Waals surface area (Å²) in [6, 6.07) is 9.00. The summed E-state index contributed by atoms with van der Waals surface area (Å²) in [6.45, 7) is 4.08. The Bertz CT molecular complexity index is 305. The molecule has 1 aliphatic heterocycles. The quantitative estimate of drug-likeness (QED) is 0.816. The van der Waals surface area contributed by atoms with Crippen LogP contribution in [0.3, 0.4) is 0 Å². The van der Waals surface area contributed by atoms with Crippen LogP contribution >= 0.6 is 0 Å². The summed E-state index contributed by atoms with van der Waals surface area (Å²) in [5.74, 6) is 1.00. The van der Waals surface area contributed by atoms with Gasteiger partial charge in [0.1, 0.15) is 5.75 Å². The van der Waals surface area contributed by atoms with Gasteiger partial charge in [-0.1, -0.05) is 19.1 Å². The van der Waals surface area contributed by atoms with Crippen LogP contribution in [0.1, 0.15) is 37.8 Å². The van der Waals surface area contributed by atoms with Gasteiger partial charge in [-0.25, -0.2) is 0 Å². The molecule has 1 N–H and O–H groups in total. The zero-order chi connectivity index (χ0) is 10.5. The highest BCUT2D eigenvalue weighted by Gasteiger charge is 2.16. The van der Waals surface area contributed by atoms with Crippen LogP contribution in [0.4, 0.5) is 0 Å². The van der Waals surface area contributed by atoms with Crippen molar-refractivity contribution in [3.05, 3.63) is 29.8 Å². The predicted octanol–water partition coefficient (Wildman–Crippen LogP) is 2.90. The van der Waals surface area contributed by atoms with Gasteiger partial charge in [0.2, 0.25) is 0 Å². The predicted molar refractivity (Wildman–Crippen MR) is 62.2 cm³/mol. The molecule has 1 atom stereocenters. The minimum atomic E-state index is 0.537. The second-order valence-corrected chi connectivity index (χ2v) is 4.07. The molecule has 1 fully saturated rings. The molecular formula is C13H19NO. The first-order valence-electron chi connectivity index (χ1n) is 5.86. The van der Waals surface area contributed by atoms with Crippen LogP contribution in [0, 0.1) is 0 Å². The summed E-state index contributed by atoms with van der Waals surface area (Å²) in [4.78, 5) is 0. The molecule has 0 aromatic heterocycles. The van der Waals surface area contributed by atoms with Crippen molar-refractivity contribution in [2.24, 2.45) is 0 Å². The van der Waals surface area contributed by atoms with E-state index in [1.807, 2.05) is 6.07 Å². The normalized spacial score (nSPS) is 20.5. The maximum Gasteiger partial charge on any atom is 0.119 e. The summed E-state index contributed by atoms with van der Waals surface area (Å²) >= 11 is 0. The Balaban J connectivity index is 2.04. The number of rotatable bonds is 4. The minimum absolute atomic E-state index is 0.537. The van der Waals surface area contributed by atoms with E-state index in [0.29, 0.717) is 6.04 Å². The van der Waals surface area contributed by atoms with Gasteiger partial charge in [0, 0.05) is 6.04 Å². The van der Waals surface area contributed by atoms with Gasteiger partial charge in [0.15, 0.2) is 0 Å². The smallest absolute Gasteiger partial charge is 0.119 e. The van der Waals surface area contributed by atoms with E-state index in [9.17, 15) is 0 Å². The van der Waals surface area contributed by atoms with Crippen molar-refractivity contribution >= 4 is 0 Å². The first-order valence-corrected chi connectivity index (χ1v) is 5.86. The van der Waals surface area contributed by atoms with Gasteiger partial charge in [-0.2, -0.15) is 0 Å². The summed E-state index contributed by atoms with van der Waals surface area (Å²) in [7, 11) is 0. The average molecular weight is 205 g/mol. The van der Waals surface area contributed by atoms with Crippen molar-refractivity contribution < 1.29 is 4.74 Å². The first kappa shape index (κ1) is 10.5. The van der Waals surface area contributed by atoms with Gasteiger partial charge >= 0.3 is 0 Å². The SMILES string of the molecule is CCCOc1cccc([C@@H]2CCCN2)c1. The highest BCUT2D eigenvalue weighted by Crippen LogP contribution is 2.25. The molecule has 1 aromatic carbocycles. The number of benzene rings is 1. The third-order valence-electron chi connectivity index (χ3n) is 2.79. The topological polar surface area (TPSA) is 21.3 Å². The Morgan fingerprint density at radius 1 is 1.47 bits per heavy atom. The van der Waals surface area contributed by atoms with Gasteiger partial charge < -0.3 is 10.1 Å². The van der Waals surface area contributed by atoms with E-state index >= 15 is 0 Å². The van der Waals surface area contributed by atoms with E-state index in [1.54, 1.807) is 0 Å². The lowest BCUT2D eigenvalue weighted by molar-refractivity contribution is 0.317. The van der Waals surface area contributed by atoms with Crippen LogP contribution in [-0.2, 0) is 0 Å². The second kappa shape index (κ2) is 5.17. The fraction of sp³-hybridized carbons (Fsp3) is 0.538. The van der Waals surface area contributed by atoms with E-state index in [4.69, 9.17) is 4.74 Å². The Labute approximate surface area is 91.6 Å². The fourth-order valence-electron chi connectivity index (χ4n) is 2.01. The molecule has 0 amide bonds. The van der Waals surface area contributed by atoms with Gasteiger partial charge in [-0.05, 0) is 43.5 Å². The Morgan fingerprint density at radius 3 is 3.13 bits per heavy atom. The third kappa shape index (κ3) is 2.72. The molecule has 1 aliphatic rings. The molecule has 1 saturated heterocycles. The summed E-state index contributed by atoms with van der Waals surface area (Å²) < 4.78 is 5.63. The molecule has 0 aliphatic carbocycles. The highest BCUT2D eigenvalue weighted by atomic mass is 16.5. The molecule has 2 rings (SSSR count). The van der Waals surface area contributed by atoms with E-state index in [-0.39, 0.29) is 0 Å². The van der Waals surface area contributed by atoms with Crippen molar-refractivity contribution in [3.8, 4) is 5.75 Å². The maximum atomic E-state index is 5.63. The number of hydrogen-bond donors (Lipinski definition) is 1. The fourth-order valence-corrected chi connectivity index (χ4v) is 2.01. The second-order valence-electron chi connectivity index (χ2n) is 4.07. The van der Waals surface area contributed by atoms with E-state index in [0.717, 1.165) is 25.3 Å². The molecule has 15 heavy (non-hydrogen) atoms. The van der Waals surface area contributed by atoms with Gasteiger partial charge in [0.25, 0.3) is 0 Å². The summed E-state index contributed by atoms with van der Waals surface area (Å²) in [5, 5.41) is 3.50. The Morgan fingerprint density at radius 2 is 2.40 bits per heavy atom. The zero-order valence-electron chi connectivity index (χ0n) is 9.33. The lowest BCUT2D eigenvalue weighted by Gasteiger charge is -2.12. The van der Waals surface area contributed by atoms with Crippen LogP contribution in [0.25, 0.3) is 0 Å². The molecule has 0 spiro atoms. The molecular weight excluding hydrogens is 186 g/mol. The highest BCUT2D eigenvalue weighted by molar-refractivity contribution is 5.31. The molecule has 1 heterocycles. The molecule has 2 heteroatoms. The lowest BCUT2D eigenvalue weighted by atomic mass is 10.1. The average Bonchev–Trinajstić information content (AvgIpc) is 2.80. The first-order chi connectivity index (χ1) is 7.40. The van der Waals surface area contributed by atoms with Crippen molar-refractivity contribution in [1.82, 2.24) is 5.32 Å². The zero-order valence-corrected chi connectivity index (χ0v) is 9.33. The molecule has 0 bridgehead atoms. The van der Waals surface area contributed by atoms with Crippen molar-refractivity contribution in [2.45, 2.75) is 32.2 Å². The van der Waals surface area contributed by atoms with Crippen LogP contribution in [0.5, 0.6) is 5.75 Å². The number of nitrogens with one attached hydrogen (secondary N) is 1. The molecule has 0 saturated carbocycles. The lowest BCUT2D eigenvalue weighted by Crippen LogP contribution is -2.12. The van der Waals surface area contributed by atoms with Crippen molar-refractivity contribution in [3.63, 3.8) is 0 Å². The standard InChI is InChI=1S/C13H19NO/c1-2-9-15-12-6-3-5-11(10-12)13-7-4-8-14-13/h3,5-6,10,13-14H,2,4,7-9H2,1H3/t13-/m0/s1. The maximum absolute atomic E-state index is 5.63. The number of hydrogen-bond acceptors (Lipinski definition) is 2. The molecule has 0 radical (unpaired) electrons. The summed E-state index contributed by atoms with van der Waals surface area (Å²) in [5.41, 5.74) is 1.36. The largest absolute Gasteiger partial charge is 0.494 e. The van der Waals surface area contributed by atoms with Crippen LogP contribution in [-0.4, -0.2) is 13.2 Å². The molecule has 2 nitrogen and oxygen atoms in total. The third-order valence-corrected chi connectivity index (χ3v) is 2.79. The number of ether oxygens (including phenoxy) is 1. The van der Waals surface area contributed by atoms with Gasteiger partial charge in [-0.15, -0.1) is 0 Å². The van der Waals surface area contributed by atoms with Gasteiger partial charge in [0.05, 0.1) is 6.61 Å². The van der Waals surface area contributed by atoms with Crippen molar-refractivity contribution in [2.75, 3.05) is 13.2 Å². The Hall–Kier alpha value is -1.02. The van der Waals surface area contributed by atoms with Crippen LogP contribution in [0.15, 0.2) is 24.3 Å². The van der Waals surface area contributed by atoms with Gasteiger partial charge in [-0.3, -0.25) is 0 Å². The monoisotopic (exact) mass is 205 g/mol. The summed E-state index contributed by atoms with van der Waals surface area (Å²) in [6.07, 6.45) is 3.59. The minimum Gasteiger partial charge on any atom is -0.494 e. The van der Waals surface area contributed by atoms with E-state index in [2.05, 4.69) is 30.4 Å². The van der Waals surface area contributed by atoms with E-state index < -0.39 is 0 Å². The van der Waals surface area contributed by atoms with Crippen LogP contribution < -0.4 is 10.1 Å². The molecule has 0 unspecified atom stereocenters.